The average Bonchev–Trinajstić information content (AvgIpc) is 3.01. The fourth-order valence-electron chi connectivity index (χ4n) is 1.82. The minimum Gasteiger partial charge on any atom is -0.480 e. The maximum atomic E-state index is 5.91. The van der Waals surface area contributed by atoms with Gasteiger partial charge < -0.3 is 9.26 Å². The topological polar surface area (TPSA) is 61.0 Å². The molecular formula is C15H11BrClN3O2. The molecule has 112 valence electrons. The Morgan fingerprint density at radius 2 is 2.18 bits per heavy atom. The first kappa shape index (κ1) is 15.0. The van der Waals surface area contributed by atoms with E-state index < -0.39 is 6.10 Å². The van der Waals surface area contributed by atoms with Crippen molar-refractivity contribution in [1.82, 2.24) is 15.1 Å². The molecule has 5 nitrogen and oxygen atoms in total. The zero-order chi connectivity index (χ0) is 15.5. The minimum atomic E-state index is -0.393. The van der Waals surface area contributed by atoms with Gasteiger partial charge in [0.2, 0.25) is 5.82 Å². The summed E-state index contributed by atoms with van der Waals surface area (Å²) in [5.74, 6) is 1.52. The molecule has 1 atom stereocenters. The number of aromatic nitrogens is 3. The van der Waals surface area contributed by atoms with Crippen molar-refractivity contribution in [3.05, 3.63) is 58.1 Å². The summed E-state index contributed by atoms with van der Waals surface area (Å²) in [6.07, 6.45) is 2.97. The molecule has 0 bridgehead atoms. The third-order valence-corrected chi connectivity index (χ3v) is 3.76. The number of ether oxygens (including phenoxy) is 1. The van der Waals surface area contributed by atoms with Crippen LogP contribution in [0.2, 0.25) is 5.02 Å². The normalized spacial score (nSPS) is 12.1. The minimum absolute atomic E-state index is 0.390. The second-order valence-electron chi connectivity index (χ2n) is 4.53. The summed E-state index contributed by atoms with van der Waals surface area (Å²) in [5, 5.41) is 4.58. The second kappa shape index (κ2) is 6.46. The number of rotatable bonds is 4. The van der Waals surface area contributed by atoms with Gasteiger partial charge in [-0.05, 0) is 53.2 Å². The molecule has 22 heavy (non-hydrogen) atoms. The average molecular weight is 381 g/mol. The largest absolute Gasteiger partial charge is 0.480 e. The number of hydrogen-bond acceptors (Lipinski definition) is 5. The summed E-state index contributed by atoms with van der Waals surface area (Å²) in [6.45, 7) is 1.83. The lowest BCUT2D eigenvalue weighted by atomic mass is 10.3. The molecule has 0 saturated carbocycles. The van der Waals surface area contributed by atoms with Gasteiger partial charge in [0.25, 0.3) is 5.89 Å². The molecule has 7 heteroatoms. The monoisotopic (exact) mass is 379 g/mol. The van der Waals surface area contributed by atoms with Crippen molar-refractivity contribution in [3.63, 3.8) is 0 Å². The van der Waals surface area contributed by atoms with E-state index in [4.69, 9.17) is 20.9 Å². The predicted octanol–water partition coefficient (Wildman–Crippen LogP) is 4.69. The Bertz CT molecular complexity index is 779. The number of benzene rings is 1. The Morgan fingerprint density at radius 3 is 2.91 bits per heavy atom. The molecule has 0 unspecified atom stereocenters. The molecule has 0 radical (unpaired) electrons. The third-order valence-electron chi connectivity index (χ3n) is 2.91. The van der Waals surface area contributed by atoms with E-state index in [2.05, 4.69) is 31.1 Å². The van der Waals surface area contributed by atoms with E-state index in [0.29, 0.717) is 22.5 Å². The quantitative estimate of drug-likeness (QED) is 0.657. The summed E-state index contributed by atoms with van der Waals surface area (Å²) >= 11 is 9.32. The zero-order valence-corrected chi connectivity index (χ0v) is 13.9. The third kappa shape index (κ3) is 3.28. The van der Waals surface area contributed by atoms with Gasteiger partial charge in [-0.2, -0.15) is 4.98 Å². The molecule has 0 aliphatic carbocycles. The predicted molar refractivity (Wildman–Crippen MR) is 85.7 cm³/mol. The van der Waals surface area contributed by atoms with Crippen molar-refractivity contribution in [2.24, 2.45) is 0 Å². The molecular weight excluding hydrogens is 370 g/mol. The fourth-order valence-corrected chi connectivity index (χ4v) is 2.60. The van der Waals surface area contributed by atoms with Crippen molar-refractivity contribution in [2.75, 3.05) is 0 Å². The van der Waals surface area contributed by atoms with Crippen LogP contribution in [-0.4, -0.2) is 15.1 Å². The molecule has 2 aromatic heterocycles. The van der Waals surface area contributed by atoms with Gasteiger partial charge in [0.1, 0.15) is 5.75 Å². The van der Waals surface area contributed by atoms with Crippen LogP contribution in [-0.2, 0) is 0 Å². The lowest BCUT2D eigenvalue weighted by molar-refractivity contribution is 0.174. The highest BCUT2D eigenvalue weighted by Crippen LogP contribution is 2.31. The van der Waals surface area contributed by atoms with Crippen LogP contribution in [0.5, 0.6) is 5.75 Å². The van der Waals surface area contributed by atoms with Crippen molar-refractivity contribution in [2.45, 2.75) is 13.0 Å². The van der Waals surface area contributed by atoms with Crippen LogP contribution >= 0.6 is 27.5 Å². The molecule has 3 rings (SSSR count). The van der Waals surface area contributed by atoms with E-state index in [1.165, 1.54) is 0 Å². The van der Waals surface area contributed by atoms with Gasteiger partial charge >= 0.3 is 0 Å². The lowest BCUT2D eigenvalue weighted by Crippen LogP contribution is -2.04. The molecule has 3 aromatic rings. The van der Waals surface area contributed by atoms with Crippen LogP contribution < -0.4 is 4.74 Å². The fraction of sp³-hybridized carbons (Fsp3) is 0.133. The van der Waals surface area contributed by atoms with E-state index >= 15 is 0 Å². The summed E-state index contributed by atoms with van der Waals surface area (Å²) in [6, 6.07) is 8.97. The van der Waals surface area contributed by atoms with Crippen LogP contribution in [0.1, 0.15) is 18.9 Å². The van der Waals surface area contributed by atoms with Gasteiger partial charge in [0, 0.05) is 23.0 Å². The van der Waals surface area contributed by atoms with Crippen LogP contribution in [0, 0.1) is 0 Å². The van der Waals surface area contributed by atoms with Crippen LogP contribution in [0.15, 0.2) is 51.7 Å². The first-order chi connectivity index (χ1) is 10.6. The van der Waals surface area contributed by atoms with Crippen molar-refractivity contribution in [3.8, 4) is 17.1 Å². The van der Waals surface area contributed by atoms with Gasteiger partial charge in [0.15, 0.2) is 6.10 Å². The van der Waals surface area contributed by atoms with Crippen LogP contribution in [0.4, 0.5) is 0 Å². The zero-order valence-electron chi connectivity index (χ0n) is 11.5. The molecule has 0 aliphatic heterocycles. The molecule has 0 N–H and O–H groups in total. The molecule has 1 aromatic carbocycles. The Kier molecular flexibility index (Phi) is 4.40. The number of nitrogens with zero attached hydrogens (tertiary/aromatic N) is 3. The Hall–Kier alpha value is -1.92. The number of halogens is 2. The first-order valence-corrected chi connectivity index (χ1v) is 7.66. The summed E-state index contributed by atoms with van der Waals surface area (Å²) in [4.78, 5) is 8.37. The highest BCUT2D eigenvalue weighted by atomic mass is 79.9. The summed E-state index contributed by atoms with van der Waals surface area (Å²) in [5.41, 5.74) is 0.789. The Balaban J connectivity index is 1.78. The van der Waals surface area contributed by atoms with Crippen molar-refractivity contribution in [1.29, 1.82) is 0 Å². The van der Waals surface area contributed by atoms with E-state index in [-0.39, 0.29) is 0 Å². The molecule has 0 saturated heterocycles. The van der Waals surface area contributed by atoms with E-state index in [1.54, 1.807) is 30.6 Å². The maximum absolute atomic E-state index is 5.91. The summed E-state index contributed by atoms with van der Waals surface area (Å²) < 4.78 is 11.8. The van der Waals surface area contributed by atoms with Gasteiger partial charge in [-0.15, -0.1) is 0 Å². The highest BCUT2D eigenvalue weighted by molar-refractivity contribution is 9.10. The Labute approximate surface area is 140 Å². The number of pyridine rings is 1. The second-order valence-corrected chi connectivity index (χ2v) is 5.82. The van der Waals surface area contributed by atoms with Gasteiger partial charge in [0.05, 0.1) is 4.47 Å². The smallest absolute Gasteiger partial charge is 0.267 e. The van der Waals surface area contributed by atoms with Crippen LogP contribution in [0.25, 0.3) is 11.4 Å². The Morgan fingerprint density at radius 1 is 1.32 bits per heavy atom. The van der Waals surface area contributed by atoms with Crippen LogP contribution in [0.3, 0.4) is 0 Å². The molecule has 0 spiro atoms. The van der Waals surface area contributed by atoms with Crippen molar-refractivity contribution < 1.29 is 9.26 Å². The molecule has 0 amide bonds. The lowest BCUT2D eigenvalue weighted by Gasteiger charge is -2.12. The molecule has 0 fully saturated rings. The SMILES string of the molecule is C[C@H](Oc1ccc(Cl)cc1Br)c1nc(-c2cccnc2)no1. The van der Waals surface area contributed by atoms with E-state index in [9.17, 15) is 0 Å². The van der Waals surface area contributed by atoms with E-state index in [1.807, 2.05) is 19.1 Å². The van der Waals surface area contributed by atoms with Gasteiger partial charge in [-0.25, -0.2) is 0 Å². The maximum Gasteiger partial charge on any atom is 0.267 e. The highest BCUT2D eigenvalue weighted by Gasteiger charge is 2.18. The number of hydrogen-bond donors (Lipinski definition) is 0. The van der Waals surface area contributed by atoms with E-state index in [0.717, 1.165) is 10.0 Å². The molecule has 2 heterocycles. The van der Waals surface area contributed by atoms with Gasteiger partial charge in [-0.1, -0.05) is 16.8 Å². The van der Waals surface area contributed by atoms with Gasteiger partial charge in [-0.3, -0.25) is 4.98 Å². The standard InChI is InChI=1S/C15H11BrClN3O2/c1-9(21-13-5-4-11(17)7-12(13)16)15-19-14(20-22-15)10-3-2-6-18-8-10/h2-9H,1H3/t9-/m0/s1. The van der Waals surface area contributed by atoms with Crippen molar-refractivity contribution >= 4 is 27.5 Å². The molecule has 0 aliphatic rings. The summed E-state index contributed by atoms with van der Waals surface area (Å²) in [7, 11) is 0. The first-order valence-electron chi connectivity index (χ1n) is 6.49.